The molecule has 2 bridgehead atoms. The van der Waals surface area contributed by atoms with Crippen LogP contribution in [0.2, 0.25) is 0 Å². The Kier molecular flexibility index (Phi) is 6.14. The summed E-state index contributed by atoms with van der Waals surface area (Å²) >= 11 is 0. The molecule has 1 aromatic heterocycles. The number of nitriles is 1. The Bertz CT molecular complexity index is 1500. The number of nitrogens with zero attached hydrogens (tertiary/aromatic N) is 2. The Morgan fingerprint density at radius 2 is 2.00 bits per heavy atom. The monoisotopic (exact) mass is 504 g/mol. The highest BCUT2D eigenvalue weighted by molar-refractivity contribution is 6.05. The van der Waals surface area contributed by atoms with Crippen molar-refractivity contribution in [3.05, 3.63) is 58.1 Å². The molecule has 4 unspecified atom stereocenters. The van der Waals surface area contributed by atoms with Crippen LogP contribution in [0.4, 0.5) is 9.18 Å². The van der Waals surface area contributed by atoms with Crippen LogP contribution in [0.3, 0.4) is 0 Å². The van der Waals surface area contributed by atoms with Crippen molar-refractivity contribution < 1.29 is 18.7 Å². The third kappa shape index (κ3) is 4.64. The molecule has 9 heteroatoms. The second-order valence-electron chi connectivity index (χ2n) is 11.0. The van der Waals surface area contributed by atoms with Gasteiger partial charge in [0.25, 0.3) is 5.56 Å². The number of carbonyl (C=O) groups is 2. The van der Waals surface area contributed by atoms with E-state index in [-0.39, 0.29) is 29.8 Å². The van der Waals surface area contributed by atoms with Crippen molar-refractivity contribution in [1.82, 2.24) is 15.2 Å². The number of likely N-dealkylation sites (tertiary alicyclic amines) is 1. The van der Waals surface area contributed by atoms with Crippen LogP contribution < -0.4 is 10.9 Å². The van der Waals surface area contributed by atoms with Crippen molar-refractivity contribution >= 4 is 33.7 Å². The maximum absolute atomic E-state index is 14.2. The van der Waals surface area contributed by atoms with E-state index < -0.39 is 35.2 Å². The number of fused-ring (bicyclic) bond motifs is 5. The number of rotatable bonds is 4. The highest BCUT2D eigenvalue weighted by Gasteiger charge is 2.52. The molecular formula is C28H29FN4O4. The molecular weight excluding hydrogens is 475 g/mol. The van der Waals surface area contributed by atoms with Gasteiger partial charge in [-0.2, -0.15) is 5.26 Å². The molecule has 2 fully saturated rings. The van der Waals surface area contributed by atoms with E-state index in [0.717, 1.165) is 19.3 Å². The topological polar surface area (TPSA) is 115 Å². The van der Waals surface area contributed by atoms with Gasteiger partial charge in [0.05, 0.1) is 11.6 Å². The summed E-state index contributed by atoms with van der Waals surface area (Å²) in [5.41, 5.74) is -0.282. The van der Waals surface area contributed by atoms with E-state index in [0.29, 0.717) is 21.7 Å². The second-order valence-corrected chi connectivity index (χ2v) is 11.0. The molecule has 0 radical (unpaired) electrons. The van der Waals surface area contributed by atoms with Gasteiger partial charge in [0.15, 0.2) is 0 Å². The lowest BCUT2D eigenvalue weighted by Crippen LogP contribution is -2.55. The largest absolute Gasteiger partial charge is 0.444 e. The third-order valence-electron chi connectivity index (χ3n) is 7.24. The number of aromatic amines is 1. The summed E-state index contributed by atoms with van der Waals surface area (Å²) < 4.78 is 19.7. The Morgan fingerprint density at radius 3 is 2.73 bits per heavy atom. The fourth-order valence-corrected chi connectivity index (χ4v) is 5.72. The molecule has 192 valence electrons. The van der Waals surface area contributed by atoms with E-state index in [4.69, 9.17) is 4.74 Å². The van der Waals surface area contributed by atoms with Crippen LogP contribution in [0, 0.1) is 23.1 Å². The van der Waals surface area contributed by atoms with Crippen LogP contribution in [0.25, 0.3) is 21.7 Å². The first-order valence-corrected chi connectivity index (χ1v) is 12.5. The summed E-state index contributed by atoms with van der Waals surface area (Å²) in [6, 6.07) is 10.3. The highest BCUT2D eigenvalue weighted by Crippen LogP contribution is 2.43. The number of piperidine rings is 1. The summed E-state index contributed by atoms with van der Waals surface area (Å²) in [7, 11) is 0. The maximum Gasteiger partial charge on any atom is 0.411 e. The molecule has 1 aliphatic heterocycles. The predicted molar refractivity (Wildman–Crippen MR) is 136 cm³/mol. The van der Waals surface area contributed by atoms with E-state index >= 15 is 0 Å². The molecule has 2 aromatic carbocycles. The first kappa shape index (κ1) is 24.8. The van der Waals surface area contributed by atoms with Crippen molar-refractivity contribution in [3.8, 4) is 6.07 Å². The molecule has 37 heavy (non-hydrogen) atoms. The molecule has 2 amide bonds. The summed E-state index contributed by atoms with van der Waals surface area (Å²) in [4.78, 5) is 43.0. The molecule has 8 nitrogen and oxygen atoms in total. The SMILES string of the molecule is CC(C)(C)OC(=O)N1C2CCC(C2)C1C(=O)NC(C#N)Cc1ccc2c(c1)c(=O)[nH]c1c(F)cccc12. The summed E-state index contributed by atoms with van der Waals surface area (Å²) in [6.07, 6.45) is 2.09. The minimum Gasteiger partial charge on any atom is -0.444 e. The molecule has 2 heterocycles. The van der Waals surface area contributed by atoms with Gasteiger partial charge in [-0.25, -0.2) is 9.18 Å². The van der Waals surface area contributed by atoms with E-state index in [9.17, 15) is 24.0 Å². The van der Waals surface area contributed by atoms with Crippen molar-refractivity contribution in [2.45, 2.75) is 70.2 Å². The lowest BCUT2D eigenvalue weighted by atomic mass is 9.97. The van der Waals surface area contributed by atoms with E-state index in [1.54, 1.807) is 56.0 Å². The number of hydrogen-bond donors (Lipinski definition) is 2. The Labute approximate surface area is 213 Å². The lowest BCUT2D eigenvalue weighted by molar-refractivity contribution is -0.128. The third-order valence-corrected chi connectivity index (χ3v) is 7.24. The first-order valence-electron chi connectivity index (χ1n) is 12.5. The van der Waals surface area contributed by atoms with Crippen molar-refractivity contribution in [2.24, 2.45) is 5.92 Å². The van der Waals surface area contributed by atoms with Gasteiger partial charge in [-0.1, -0.05) is 24.3 Å². The number of ether oxygens (including phenoxy) is 1. The molecule has 1 saturated carbocycles. The van der Waals surface area contributed by atoms with Gasteiger partial charge < -0.3 is 15.0 Å². The summed E-state index contributed by atoms with van der Waals surface area (Å²) in [5, 5.41) is 14.2. The molecule has 1 aliphatic carbocycles. The lowest BCUT2D eigenvalue weighted by Gasteiger charge is -2.35. The molecule has 0 spiro atoms. The average Bonchev–Trinajstić information content (AvgIpc) is 3.45. The number of amides is 2. The molecule has 2 aliphatic rings. The fourth-order valence-electron chi connectivity index (χ4n) is 5.72. The van der Waals surface area contributed by atoms with Gasteiger partial charge in [-0.3, -0.25) is 14.5 Å². The summed E-state index contributed by atoms with van der Waals surface area (Å²) in [5.74, 6) is -0.844. The van der Waals surface area contributed by atoms with Crippen LogP contribution in [-0.2, 0) is 16.0 Å². The van der Waals surface area contributed by atoms with Crippen LogP contribution in [0.1, 0.15) is 45.6 Å². The molecule has 2 N–H and O–H groups in total. The van der Waals surface area contributed by atoms with Gasteiger partial charge in [0.2, 0.25) is 5.91 Å². The second kappa shape index (κ2) is 9.18. The number of halogens is 1. The standard InChI is InChI=1S/C28H29FN4O4/c1-28(2,3)37-27(36)33-18-9-8-16(13-18)24(33)26(35)31-17(14-30)11-15-7-10-19-20-5-4-6-22(29)23(20)32-25(34)21(19)12-15/h4-7,10,12,16-18,24H,8-9,11,13H2,1-3H3,(H,31,35)(H,32,34). The number of aromatic nitrogens is 1. The maximum atomic E-state index is 14.2. The Hall–Kier alpha value is -3.93. The summed E-state index contributed by atoms with van der Waals surface area (Å²) in [6.45, 7) is 5.36. The van der Waals surface area contributed by atoms with Crippen molar-refractivity contribution in [2.75, 3.05) is 0 Å². The van der Waals surface area contributed by atoms with Crippen LogP contribution in [0.5, 0.6) is 0 Å². The Balaban J connectivity index is 1.36. The van der Waals surface area contributed by atoms with E-state index in [2.05, 4.69) is 16.4 Å². The molecule has 3 aromatic rings. The fraction of sp³-hybridized carbons (Fsp3) is 0.429. The van der Waals surface area contributed by atoms with Crippen molar-refractivity contribution in [3.63, 3.8) is 0 Å². The number of carbonyl (C=O) groups excluding carboxylic acids is 2. The predicted octanol–water partition coefficient (Wildman–Crippen LogP) is 4.16. The van der Waals surface area contributed by atoms with Gasteiger partial charge >= 0.3 is 6.09 Å². The van der Waals surface area contributed by atoms with E-state index in [1.165, 1.54) is 6.07 Å². The van der Waals surface area contributed by atoms with Gasteiger partial charge in [0.1, 0.15) is 23.5 Å². The minimum atomic E-state index is -0.860. The normalized spacial score (nSPS) is 21.7. The number of benzene rings is 2. The minimum absolute atomic E-state index is 0.0322. The van der Waals surface area contributed by atoms with Crippen LogP contribution in [0.15, 0.2) is 41.2 Å². The number of para-hydroxylation sites is 1. The first-order chi connectivity index (χ1) is 17.6. The van der Waals surface area contributed by atoms with Gasteiger partial charge in [-0.05, 0) is 69.0 Å². The number of hydrogen-bond acceptors (Lipinski definition) is 5. The van der Waals surface area contributed by atoms with Gasteiger partial charge in [0, 0.05) is 23.2 Å². The van der Waals surface area contributed by atoms with Crippen LogP contribution in [-0.4, -0.2) is 45.6 Å². The zero-order chi connectivity index (χ0) is 26.5. The molecule has 5 rings (SSSR count). The Morgan fingerprint density at radius 1 is 1.22 bits per heavy atom. The van der Waals surface area contributed by atoms with Crippen molar-refractivity contribution in [1.29, 1.82) is 5.26 Å². The number of pyridine rings is 1. The zero-order valence-corrected chi connectivity index (χ0v) is 21.0. The van der Waals surface area contributed by atoms with E-state index in [1.807, 2.05) is 0 Å². The number of H-pyrrole nitrogens is 1. The highest BCUT2D eigenvalue weighted by atomic mass is 19.1. The molecule has 4 atom stereocenters. The zero-order valence-electron chi connectivity index (χ0n) is 21.0. The van der Waals surface area contributed by atoms with Crippen LogP contribution >= 0.6 is 0 Å². The number of nitrogens with one attached hydrogen (secondary N) is 2. The molecule has 1 saturated heterocycles. The average molecular weight is 505 g/mol. The smallest absolute Gasteiger partial charge is 0.411 e. The van der Waals surface area contributed by atoms with Gasteiger partial charge in [-0.15, -0.1) is 0 Å². The quantitative estimate of drug-likeness (QED) is 0.518.